The van der Waals surface area contributed by atoms with Crippen molar-refractivity contribution in [3.8, 4) is 0 Å². The maximum absolute atomic E-state index is 12.3. The third-order valence-electron chi connectivity index (χ3n) is 5.46. The van der Waals surface area contributed by atoms with E-state index in [0.717, 1.165) is 30.2 Å². The number of fused-ring (bicyclic) bond motifs is 1. The third-order valence-corrected chi connectivity index (χ3v) is 6.48. The monoisotopic (exact) mass is 394 g/mol. The molecule has 5 nitrogen and oxygen atoms in total. The van der Waals surface area contributed by atoms with Crippen LogP contribution in [0.25, 0.3) is 10.8 Å². The number of hydrogen-bond donors (Lipinski definition) is 1. The molecule has 1 N–H and O–H groups in total. The highest BCUT2D eigenvalue weighted by molar-refractivity contribution is 7.99. The molecule has 0 aliphatic heterocycles. The summed E-state index contributed by atoms with van der Waals surface area (Å²) in [4.78, 5) is 12.3. The lowest BCUT2D eigenvalue weighted by atomic mass is 9.95. The minimum atomic E-state index is 0.0931. The average Bonchev–Trinajstić information content (AvgIpc) is 3.07. The summed E-state index contributed by atoms with van der Waals surface area (Å²) in [6.07, 6.45) is 6.67. The first kappa shape index (κ1) is 19.0. The van der Waals surface area contributed by atoms with Crippen LogP contribution in [-0.2, 0) is 18.3 Å². The summed E-state index contributed by atoms with van der Waals surface area (Å²) < 4.78 is 2.00. The smallest absolute Gasteiger partial charge is 0.230 e. The molecule has 1 saturated carbocycles. The molecule has 0 radical (unpaired) electrons. The van der Waals surface area contributed by atoms with Crippen LogP contribution >= 0.6 is 11.8 Å². The van der Waals surface area contributed by atoms with E-state index >= 15 is 0 Å². The Balaban J connectivity index is 1.39. The van der Waals surface area contributed by atoms with E-state index in [1.54, 1.807) is 0 Å². The van der Waals surface area contributed by atoms with Crippen molar-refractivity contribution in [1.82, 2.24) is 20.1 Å². The Morgan fingerprint density at radius 3 is 2.75 bits per heavy atom. The standard InChI is InChI=1S/C22H26N4OS/c1-26-20(14-17-10-7-9-16-8-5-6-13-19(16)17)24-25-22(26)28-15-21(27)23-18-11-3-2-4-12-18/h5-10,13,18H,2-4,11-12,14-15H2,1H3,(H,23,27). The molecule has 1 aromatic heterocycles. The minimum absolute atomic E-state index is 0.0931. The van der Waals surface area contributed by atoms with E-state index in [4.69, 9.17) is 0 Å². The number of aromatic nitrogens is 3. The molecule has 28 heavy (non-hydrogen) atoms. The number of hydrogen-bond acceptors (Lipinski definition) is 4. The van der Waals surface area contributed by atoms with Crippen LogP contribution in [0.15, 0.2) is 47.6 Å². The van der Waals surface area contributed by atoms with Gasteiger partial charge in [-0.1, -0.05) is 73.5 Å². The highest BCUT2D eigenvalue weighted by Gasteiger charge is 2.17. The second kappa shape index (κ2) is 8.78. The van der Waals surface area contributed by atoms with Crippen molar-refractivity contribution in [2.75, 3.05) is 5.75 Å². The molecule has 1 heterocycles. The van der Waals surface area contributed by atoms with Crippen molar-refractivity contribution in [3.63, 3.8) is 0 Å². The molecule has 1 fully saturated rings. The molecule has 3 aromatic rings. The first-order valence-corrected chi connectivity index (χ1v) is 11.0. The number of carbonyl (C=O) groups is 1. The lowest BCUT2D eigenvalue weighted by Gasteiger charge is -2.22. The van der Waals surface area contributed by atoms with Gasteiger partial charge in [0.15, 0.2) is 5.16 Å². The minimum Gasteiger partial charge on any atom is -0.353 e. The number of nitrogens with one attached hydrogen (secondary N) is 1. The van der Waals surface area contributed by atoms with Crippen molar-refractivity contribution >= 4 is 28.4 Å². The van der Waals surface area contributed by atoms with Crippen LogP contribution in [0, 0.1) is 0 Å². The van der Waals surface area contributed by atoms with Gasteiger partial charge in [0, 0.05) is 19.5 Å². The Labute approximate surface area is 169 Å². The van der Waals surface area contributed by atoms with Crippen molar-refractivity contribution in [1.29, 1.82) is 0 Å². The topological polar surface area (TPSA) is 59.8 Å². The summed E-state index contributed by atoms with van der Waals surface area (Å²) in [6, 6.07) is 15.1. The van der Waals surface area contributed by atoms with Crippen LogP contribution in [0.3, 0.4) is 0 Å². The molecule has 2 aromatic carbocycles. The van der Waals surface area contributed by atoms with Crippen LogP contribution in [0.5, 0.6) is 0 Å². The van der Waals surface area contributed by atoms with Crippen LogP contribution in [0.2, 0.25) is 0 Å². The summed E-state index contributed by atoms with van der Waals surface area (Å²) in [5.41, 5.74) is 1.24. The second-order valence-corrected chi connectivity index (χ2v) is 8.41. The summed E-state index contributed by atoms with van der Waals surface area (Å²) in [5, 5.41) is 15.1. The Bertz CT molecular complexity index is 957. The number of carbonyl (C=O) groups excluding carboxylic acids is 1. The number of amides is 1. The molecule has 6 heteroatoms. The molecule has 0 unspecified atom stereocenters. The van der Waals surface area contributed by atoms with Gasteiger partial charge in [-0.2, -0.15) is 0 Å². The van der Waals surface area contributed by atoms with E-state index in [1.165, 1.54) is 47.4 Å². The number of thioether (sulfide) groups is 1. The first-order valence-electron chi connectivity index (χ1n) is 9.98. The molecule has 0 spiro atoms. The van der Waals surface area contributed by atoms with Crippen LogP contribution in [-0.4, -0.2) is 32.5 Å². The van der Waals surface area contributed by atoms with Gasteiger partial charge in [0.25, 0.3) is 0 Å². The number of rotatable bonds is 6. The largest absolute Gasteiger partial charge is 0.353 e. The normalized spacial score (nSPS) is 15.0. The van der Waals surface area contributed by atoms with Crippen LogP contribution < -0.4 is 5.32 Å². The van der Waals surface area contributed by atoms with Crippen molar-refractivity contribution < 1.29 is 4.79 Å². The Morgan fingerprint density at radius 2 is 1.89 bits per heavy atom. The highest BCUT2D eigenvalue weighted by Crippen LogP contribution is 2.23. The Morgan fingerprint density at radius 1 is 1.11 bits per heavy atom. The number of benzene rings is 2. The number of nitrogens with zero attached hydrogens (tertiary/aromatic N) is 3. The fraction of sp³-hybridized carbons (Fsp3) is 0.409. The van der Waals surface area contributed by atoms with Gasteiger partial charge in [-0.25, -0.2) is 0 Å². The van der Waals surface area contributed by atoms with E-state index in [1.807, 2.05) is 11.6 Å². The van der Waals surface area contributed by atoms with E-state index in [-0.39, 0.29) is 5.91 Å². The zero-order valence-corrected chi connectivity index (χ0v) is 17.0. The summed E-state index contributed by atoms with van der Waals surface area (Å²) in [7, 11) is 1.97. The average molecular weight is 395 g/mol. The molecule has 146 valence electrons. The van der Waals surface area contributed by atoms with Gasteiger partial charge in [0.2, 0.25) is 5.91 Å². The van der Waals surface area contributed by atoms with Crippen molar-refractivity contribution in [2.45, 2.75) is 49.7 Å². The van der Waals surface area contributed by atoms with Gasteiger partial charge >= 0.3 is 0 Å². The molecule has 1 aliphatic carbocycles. The molecule has 1 aliphatic rings. The SMILES string of the molecule is Cn1c(Cc2cccc3ccccc23)nnc1SCC(=O)NC1CCCCC1. The maximum Gasteiger partial charge on any atom is 0.230 e. The van der Waals surface area contributed by atoms with Gasteiger partial charge in [-0.05, 0) is 29.2 Å². The molecule has 0 atom stereocenters. The molecule has 0 saturated heterocycles. The van der Waals surface area contributed by atoms with Gasteiger partial charge in [-0.15, -0.1) is 10.2 Å². The Hall–Kier alpha value is -2.34. The second-order valence-electron chi connectivity index (χ2n) is 7.46. The molecule has 4 rings (SSSR count). The van der Waals surface area contributed by atoms with Crippen LogP contribution in [0.4, 0.5) is 0 Å². The van der Waals surface area contributed by atoms with Crippen LogP contribution in [0.1, 0.15) is 43.5 Å². The van der Waals surface area contributed by atoms with Gasteiger partial charge in [0.05, 0.1) is 5.75 Å². The highest BCUT2D eigenvalue weighted by atomic mass is 32.2. The lowest BCUT2D eigenvalue weighted by Crippen LogP contribution is -2.37. The van der Waals surface area contributed by atoms with E-state index < -0.39 is 0 Å². The fourth-order valence-electron chi connectivity index (χ4n) is 3.89. The molecular weight excluding hydrogens is 368 g/mol. The first-order chi connectivity index (χ1) is 13.7. The quantitative estimate of drug-likeness (QED) is 0.640. The zero-order valence-electron chi connectivity index (χ0n) is 16.2. The van der Waals surface area contributed by atoms with Crippen molar-refractivity contribution in [2.24, 2.45) is 7.05 Å². The summed E-state index contributed by atoms with van der Waals surface area (Å²) in [5.74, 6) is 1.39. The molecular formula is C22H26N4OS. The van der Waals surface area contributed by atoms with Crippen molar-refractivity contribution in [3.05, 3.63) is 53.9 Å². The maximum atomic E-state index is 12.3. The van der Waals surface area contributed by atoms with E-state index in [9.17, 15) is 4.79 Å². The van der Waals surface area contributed by atoms with E-state index in [2.05, 4.69) is 58.0 Å². The third kappa shape index (κ3) is 4.38. The van der Waals surface area contributed by atoms with Gasteiger partial charge < -0.3 is 9.88 Å². The van der Waals surface area contributed by atoms with Gasteiger partial charge in [-0.3, -0.25) is 4.79 Å². The fourth-order valence-corrected chi connectivity index (χ4v) is 4.63. The van der Waals surface area contributed by atoms with Gasteiger partial charge in [0.1, 0.15) is 5.82 Å². The molecule has 1 amide bonds. The predicted molar refractivity (Wildman–Crippen MR) is 113 cm³/mol. The Kier molecular flexibility index (Phi) is 5.95. The zero-order chi connectivity index (χ0) is 19.3. The summed E-state index contributed by atoms with van der Waals surface area (Å²) in [6.45, 7) is 0. The summed E-state index contributed by atoms with van der Waals surface area (Å²) >= 11 is 1.46. The van der Waals surface area contributed by atoms with E-state index in [0.29, 0.717) is 11.8 Å². The predicted octanol–water partition coefficient (Wildman–Crippen LogP) is 4.10. The molecule has 0 bridgehead atoms. The lowest BCUT2D eigenvalue weighted by molar-refractivity contribution is -0.119.